The molecule has 0 amide bonds. The van der Waals surface area contributed by atoms with Crippen molar-refractivity contribution in [2.45, 2.75) is 11.7 Å². The third kappa shape index (κ3) is 3.83. The Labute approximate surface area is 155 Å². The maximum absolute atomic E-state index is 12.6. The van der Waals surface area contributed by atoms with Gasteiger partial charge in [0, 0.05) is 12.7 Å². The van der Waals surface area contributed by atoms with Gasteiger partial charge in [-0.05, 0) is 24.3 Å². The fourth-order valence-corrected chi connectivity index (χ4v) is 3.29. The van der Waals surface area contributed by atoms with Gasteiger partial charge in [-0.1, -0.05) is 36.0 Å². The first-order valence-corrected chi connectivity index (χ1v) is 8.97. The van der Waals surface area contributed by atoms with E-state index in [2.05, 4.69) is 21.8 Å². The average Bonchev–Trinajstić information content (AvgIpc) is 3.09. The van der Waals surface area contributed by atoms with E-state index in [1.54, 1.807) is 31.5 Å². The Balaban J connectivity index is 1.81. The van der Waals surface area contributed by atoms with Crippen molar-refractivity contribution >= 4 is 17.5 Å². The van der Waals surface area contributed by atoms with Gasteiger partial charge in [-0.15, -0.1) is 16.8 Å². The molecule has 132 valence electrons. The number of pyridine rings is 1. The molecule has 3 aromatic rings. The van der Waals surface area contributed by atoms with Crippen molar-refractivity contribution in [1.29, 1.82) is 0 Å². The number of ketones is 1. The molecule has 2 heterocycles. The minimum atomic E-state index is -0.0278. The zero-order valence-corrected chi connectivity index (χ0v) is 15.1. The Morgan fingerprint density at radius 3 is 2.77 bits per heavy atom. The lowest BCUT2D eigenvalue weighted by molar-refractivity contribution is 0.101. The van der Waals surface area contributed by atoms with Crippen LogP contribution in [0.4, 0.5) is 0 Å². The van der Waals surface area contributed by atoms with Crippen molar-refractivity contribution in [2.24, 2.45) is 0 Å². The molecular formula is C19H18N4O2S. The van der Waals surface area contributed by atoms with Crippen molar-refractivity contribution in [1.82, 2.24) is 19.7 Å². The maximum atomic E-state index is 12.6. The first-order chi connectivity index (χ1) is 12.7. The highest BCUT2D eigenvalue weighted by Gasteiger charge is 2.17. The van der Waals surface area contributed by atoms with Gasteiger partial charge in [0.05, 0.1) is 18.4 Å². The van der Waals surface area contributed by atoms with Crippen molar-refractivity contribution < 1.29 is 9.53 Å². The minimum Gasteiger partial charge on any atom is -0.496 e. The summed E-state index contributed by atoms with van der Waals surface area (Å²) in [6, 6.07) is 12.8. The van der Waals surface area contributed by atoms with E-state index in [0.717, 1.165) is 5.69 Å². The first kappa shape index (κ1) is 17.9. The van der Waals surface area contributed by atoms with E-state index >= 15 is 0 Å². The summed E-state index contributed by atoms with van der Waals surface area (Å²) in [7, 11) is 1.55. The monoisotopic (exact) mass is 366 g/mol. The van der Waals surface area contributed by atoms with E-state index in [9.17, 15) is 4.79 Å². The molecule has 0 spiro atoms. The van der Waals surface area contributed by atoms with Crippen LogP contribution >= 0.6 is 11.8 Å². The standard InChI is InChI=1S/C19H18N4O2S/c1-3-12-23-18(15-9-6-7-11-20-15)21-22-19(23)26-13-16(24)14-8-4-5-10-17(14)25-2/h3-11H,1,12-13H2,2H3. The Morgan fingerprint density at radius 2 is 2.04 bits per heavy atom. The van der Waals surface area contributed by atoms with E-state index in [4.69, 9.17) is 4.74 Å². The molecule has 0 radical (unpaired) electrons. The number of carbonyl (C=O) groups excluding carboxylic acids is 1. The van der Waals surface area contributed by atoms with Gasteiger partial charge in [-0.25, -0.2) is 0 Å². The Kier molecular flexibility index (Phi) is 5.80. The van der Waals surface area contributed by atoms with E-state index < -0.39 is 0 Å². The predicted molar refractivity (Wildman–Crippen MR) is 101 cm³/mol. The molecule has 7 heteroatoms. The zero-order chi connectivity index (χ0) is 18.4. The van der Waals surface area contributed by atoms with E-state index in [-0.39, 0.29) is 11.5 Å². The lowest BCUT2D eigenvalue weighted by Gasteiger charge is -2.08. The highest BCUT2D eigenvalue weighted by Crippen LogP contribution is 2.25. The third-order valence-electron chi connectivity index (χ3n) is 3.66. The smallest absolute Gasteiger partial charge is 0.192 e. The summed E-state index contributed by atoms with van der Waals surface area (Å²) in [6.07, 6.45) is 3.47. The third-order valence-corrected chi connectivity index (χ3v) is 4.63. The second-order valence-electron chi connectivity index (χ2n) is 5.33. The summed E-state index contributed by atoms with van der Waals surface area (Å²) >= 11 is 1.33. The molecule has 6 nitrogen and oxygen atoms in total. The van der Waals surface area contributed by atoms with E-state index in [0.29, 0.717) is 28.8 Å². The SMILES string of the molecule is C=CCn1c(SCC(=O)c2ccccc2OC)nnc1-c1ccccn1. The number of carbonyl (C=O) groups is 1. The molecule has 0 aliphatic heterocycles. The molecule has 0 saturated heterocycles. The van der Waals surface area contributed by atoms with E-state index in [1.807, 2.05) is 34.9 Å². The van der Waals surface area contributed by atoms with Gasteiger partial charge in [0.15, 0.2) is 16.8 Å². The topological polar surface area (TPSA) is 69.9 Å². The maximum Gasteiger partial charge on any atom is 0.192 e. The van der Waals surface area contributed by atoms with Crippen LogP contribution < -0.4 is 4.74 Å². The summed E-state index contributed by atoms with van der Waals surface area (Å²) < 4.78 is 7.16. The number of hydrogen-bond acceptors (Lipinski definition) is 6. The summed E-state index contributed by atoms with van der Waals surface area (Å²) in [6.45, 7) is 4.32. The van der Waals surface area contributed by atoms with Crippen LogP contribution in [-0.2, 0) is 6.54 Å². The fourth-order valence-electron chi connectivity index (χ4n) is 2.46. The summed E-state index contributed by atoms with van der Waals surface area (Å²) in [5, 5.41) is 9.11. The van der Waals surface area contributed by atoms with Crippen molar-refractivity contribution in [2.75, 3.05) is 12.9 Å². The Bertz CT molecular complexity index is 909. The van der Waals surface area contributed by atoms with Gasteiger partial charge in [0.1, 0.15) is 11.4 Å². The zero-order valence-electron chi connectivity index (χ0n) is 14.3. The number of thioether (sulfide) groups is 1. The van der Waals surface area contributed by atoms with Gasteiger partial charge < -0.3 is 4.74 Å². The largest absolute Gasteiger partial charge is 0.496 e. The van der Waals surface area contributed by atoms with Crippen molar-refractivity contribution in [3.05, 3.63) is 66.9 Å². The molecule has 3 rings (SSSR count). The van der Waals surface area contributed by atoms with Crippen LogP contribution in [0.15, 0.2) is 66.5 Å². The van der Waals surface area contributed by atoms with Crippen LogP contribution in [0.1, 0.15) is 10.4 Å². The van der Waals surface area contributed by atoms with Crippen LogP contribution in [0.2, 0.25) is 0 Å². The molecular weight excluding hydrogens is 348 g/mol. The molecule has 0 aliphatic rings. The molecule has 1 aromatic carbocycles. The van der Waals surface area contributed by atoms with Crippen LogP contribution in [0, 0.1) is 0 Å². The second-order valence-corrected chi connectivity index (χ2v) is 6.28. The first-order valence-electron chi connectivity index (χ1n) is 7.99. The molecule has 0 unspecified atom stereocenters. The van der Waals surface area contributed by atoms with Crippen LogP contribution in [0.5, 0.6) is 5.75 Å². The second kappa shape index (κ2) is 8.44. The lowest BCUT2D eigenvalue weighted by Crippen LogP contribution is -2.07. The van der Waals surface area contributed by atoms with Crippen LogP contribution in [0.3, 0.4) is 0 Å². The molecule has 2 aromatic heterocycles. The molecule has 0 fully saturated rings. The van der Waals surface area contributed by atoms with Gasteiger partial charge in [-0.3, -0.25) is 14.3 Å². The predicted octanol–water partition coefficient (Wildman–Crippen LogP) is 3.51. The molecule has 0 N–H and O–H groups in total. The highest BCUT2D eigenvalue weighted by atomic mass is 32.2. The van der Waals surface area contributed by atoms with E-state index in [1.165, 1.54) is 11.8 Å². The molecule has 0 atom stereocenters. The number of methoxy groups -OCH3 is 1. The van der Waals surface area contributed by atoms with Gasteiger partial charge in [-0.2, -0.15) is 0 Å². The number of benzene rings is 1. The average molecular weight is 366 g/mol. The lowest BCUT2D eigenvalue weighted by atomic mass is 10.1. The van der Waals surface area contributed by atoms with Crippen LogP contribution in [0.25, 0.3) is 11.5 Å². The summed E-state index contributed by atoms with van der Waals surface area (Å²) in [5.41, 5.74) is 1.28. The number of Topliss-reactive ketones (excluding diaryl/α,β-unsaturated/α-hetero) is 1. The van der Waals surface area contributed by atoms with Crippen molar-refractivity contribution in [3.63, 3.8) is 0 Å². The number of hydrogen-bond donors (Lipinski definition) is 0. The van der Waals surface area contributed by atoms with Gasteiger partial charge >= 0.3 is 0 Å². The number of ether oxygens (including phenoxy) is 1. The van der Waals surface area contributed by atoms with Gasteiger partial charge in [0.2, 0.25) is 0 Å². The number of nitrogens with zero attached hydrogens (tertiary/aromatic N) is 4. The van der Waals surface area contributed by atoms with Crippen LogP contribution in [-0.4, -0.2) is 38.4 Å². The molecule has 0 bridgehead atoms. The number of para-hydroxylation sites is 1. The molecule has 0 aliphatic carbocycles. The molecule has 26 heavy (non-hydrogen) atoms. The summed E-state index contributed by atoms with van der Waals surface area (Å²) in [5.74, 6) is 1.43. The quantitative estimate of drug-likeness (QED) is 0.345. The Hall–Kier alpha value is -2.93. The number of rotatable bonds is 8. The minimum absolute atomic E-state index is 0.0278. The Morgan fingerprint density at radius 1 is 1.23 bits per heavy atom. The molecule has 0 saturated carbocycles. The summed E-state index contributed by atoms with van der Waals surface area (Å²) in [4.78, 5) is 16.9. The normalized spacial score (nSPS) is 10.5. The number of allylic oxidation sites excluding steroid dienone is 1. The van der Waals surface area contributed by atoms with Crippen molar-refractivity contribution in [3.8, 4) is 17.3 Å². The highest BCUT2D eigenvalue weighted by molar-refractivity contribution is 7.99. The van der Waals surface area contributed by atoms with Gasteiger partial charge in [0.25, 0.3) is 0 Å². The number of aromatic nitrogens is 4. The fraction of sp³-hybridized carbons (Fsp3) is 0.158.